The van der Waals surface area contributed by atoms with Gasteiger partial charge in [-0.2, -0.15) is 0 Å². The number of anilines is 1. The third kappa shape index (κ3) is 3.19. The van der Waals surface area contributed by atoms with Crippen molar-refractivity contribution >= 4 is 17.5 Å². The van der Waals surface area contributed by atoms with Crippen molar-refractivity contribution in [1.29, 1.82) is 0 Å². The molecule has 4 N–H and O–H groups in total. The summed E-state index contributed by atoms with van der Waals surface area (Å²) >= 11 is 0. The summed E-state index contributed by atoms with van der Waals surface area (Å²) in [7, 11) is 0. The number of rotatable bonds is 5. The molecule has 18 heavy (non-hydrogen) atoms. The zero-order chi connectivity index (χ0) is 13.1. The zero-order valence-electron chi connectivity index (χ0n) is 10.1. The van der Waals surface area contributed by atoms with Gasteiger partial charge in [-0.05, 0) is 31.9 Å². The standard InChI is InChI=1S/C12H16N4O2/c1-7(12(18)16-8-2-3-8)15-9-4-5-14-10(6-9)11(13)17/h4-8H,2-3H2,1H3,(H2,13,17)(H,14,15)(H,16,18). The van der Waals surface area contributed by atoms with Gasteiger partial charge in [0.1, 0.15) is 11.7 Å². The van der Waals surface area contributed by atoms with Crippen LogP contribution < -0.4 is 16.4 Å². The van der Waals surface area contributed by atoms with Crippen LogP contribution in [0.4, 0.5) is 5.69 Å². The highest BCUT2D eigenvalue weighted by atomic mass is 16.2. The first kappa shape index (κ1) is 12.3. The molecule has 1 aromatic heterocycles. The highest BCUT2D eigenvalue weighted by molar-refractivity contribution is 5.92. The highest BCUT2D eigenvalue weighted by Gasteiger charge is 2.25. The van der Waals surface area contributed by atoms with Gasteiger partial charge in [0.15, 0.2) is 0 Å². The van der Waals surface area contributed by atoms with Crippen molar-refractivity contribution in [2.75, 3.05) is 5.32 Å². The zero-order valence-corrected chi connectivity index (χ0v) is 10.1. The van der Waals surface area contributed by atoms with E-state index in [0.717, 1.165) is 12.8 Å². The number of carbonyl (C=O) groups is 2. The van der Waals surface area contributed by atoms with Crippen molar-refractivity contribution in [2.24, 2.45) is 5.73 Å². The van der Waals surface area contributed by atoms with Gasteiger partial charge in [0.2, 0.25) is 5.91 Å². The van der Waals surface area contributed by atoms with E-state index in [-0.39, 0.29) is 17.6 Å². The van der Waals surface area contributed by atoms with E-state index in [0.29, 0.717) is 11.7 Å². The Bertz CT molecular complexity index is 471. The SMILES string of the molecule is CC(Nc1ccnc(C(N)=O)c1)C(=O)NC1CC1. The Morgan fingerprint density at radius 2 is 2.22 bits per heavy atom. The molecule has 1 heterocycles. The molecule has 96 valence electrons. The van der Waals surface area contributed by atoms with E-state index in [9.17, 15) is 9.59 Å². The van der Waals surface area contributed by atoms with Crippen LogP contribution >= 0.6 is 0 Å². The van der Waals surface area contributed by atoms with Crippen molar-refractivity contribution in [3.8, 4) is 0 Å². The molecule has 6 nitrogen and oxygen atoms in total. The molecule has 6 heteroatoms. The van der Waals surface area contributed by atoms with Gasteiger partial charge in [-0.1, -0.05) is 0 Å². The molecule has 1 saturated carbocycles. The maximum absolute atomic E-state index is 11.7. The van der Waals surface area contributed by atoms with Crippen LogP contribution in [0.3, 0.4) is 0 Å². The maximum atomic E-state index is 11.7. The Hall–Kier alpha value is -2.11. The number of hydrogen-bond acceptors (Lipinski definition) is 4. The molecule has 0 aliphatic heterocycles. The fourth-order valence-electron chi connectivity index (χ4n) is 1.52. The number of nitrogens with two attached hydrogens (primary N) is 1. The lowest BCUT2D eigenvalue weighted by molar-refractivity contribution is -0.121. The van der Waals surface area contributed by atoms with Gasteiger partial charge in [-0.25, -0.2) is 0 Å². The first-order valence-electron chi connectivity index (χ1n) is 5.89. The van der Waals surface area contributed by atoms with Crippen LogP contribution in [-0.2, 0) is 4.79 Å². The number of pyridine rings is 1. The normalized spacial score (nSPS) is 15.8. The van der Waals surface area contributed by atoms with E-state index in [2.05, 4.69) is 15.6 Å². The number of primary amides is 1. The Morgan fingerprint density at radius 3 is 2.83 bits per heavy atom. The van der Waals surface area contributed by atoms with Gasteiger partial charge in [0.05, 0.1) is 0 Å². The Balaban J connectivity index is 1.96. The molecular weight excluding hydrogens is 232 g/mol. The summed E-state index contributed by atoms with van der Waals surface area (Å²) in [4.78, 5) is 26.5. The first-order chi connectivity index (χ1) is 8.56. The lowest BCUT2D eigenvalue weighted by atomic mass is 10.2. The second-order valence-electron chi connectivity index (χ2n) is 4.44. The van der Waals surface area contributed by atoms with Crippen molar-refractivity contribution in [3.05, 3.63) is 24.0 Å². The second kappa shape index (κ2) is 5.03. The molecular formula is C12H16N4O2. The molecule has 0 bridgehead atoms. The number of carbonyl (C=O) groups excluding carboxylic acids is 2. The molecule has 1 atom stereocenters. The number of nitrogens with one attached hydrogen (secondary N) is 2. The van der Waals surface area contributed by atoms with Crippen LogP contribution in [0.25, 0.3) is 0 Å². The third-order valence-electron chi connectivity index (χ3n) is 2.71. The van der Waals surface area contributed by atoms with Gasteiger partial charge in [-0.15, -0.1) is 0 Å². The average molecular weight is 248 g/mol. The summed E-state index contributed by atoms with van der Waals surface area (Å²) in [5.41, 5.74) is 5.96. The topological polar surface area (TPSA) is 97.1 Å². The van der Waals surface area contributed by atoms with E-state index in [4.69, 9.17) is 5.73 Å². The number of aromatic nitrogens is 1. The molecule has 2 rings (SSSR count). The van der Waals surface area contributed by atoms with Crippen LogP contribution in [0.1, 0.15) is 30.3 Å². The van der Waals surface area contributed by atoms with Gasteiger partial charge in [0, 0.05) is 17.9 Å². The van der Waals surface area contributed by atoms with Gasteiger partial charge < -0.3 is 16.4 Å². The minimum absolute atomic E-state index is 0.0464. The van der Waals surface area contributed by atoms with Gasteiger partial charge in [0.25, 0.3) is 5.91 Å². The van der Waals surface area contributed by atoms with Crippen molar-refractivity contribution in [2.45, 2.75) is 31.8 Å². The predicted molar refractivity (Wildman–Crippen MR) is 67.0 cm³/mol. The van der Waals surface area contributed by atoms with E-state index in [1.165, 1.54) is 12.3 Å². The summed E-state index contributed by atoms with van der Waals surface area (Å²) in [6, 6.07) is 3.19. The van der Waals surface area contributed by atoms with Crippen LogP contribution in [0.5, 0.6) is 0 Å². The minimum Gasteiger partial charge on any atom is -0.374 e. The molecule has 0 radical (unpaired) electrons. The van der Waals surface area contributed by atoms with Gasteiger partial charge >= 0.3 is 0 Å². The van der Waals surface area contributed by atoms with E-state index >= 15 is 0 Å². The molecule has 2 amide bonds. The third-order valence-corrected chi connectivity index (χ3v) is 2.71. The summed E-state index contributed by atoms with van der Waals surface area (Å²) in [5, 5.41) is 5.91. The molecule has 1 aliphatic carbocycles. The molecule has 1 aliphatic rings. The Morgan fingerprint density at radius 1 is 1.50 bits per heavy atom. The van der Waals surface area contributed by atoms with Crippen molar-refractivity contribution in [1.82, 2.24) is 10.3 Å². The minimum atomic E-state index is -0.589. The van der Waals surface area contributed by atoms with E-state index in [1.807, 2.05) is 0 Å². The molecule has 1 unspecified atom stereocenters. The Labute approximate surface area is 105 Å². The van der Waals surface area contributed by atoms with Crippen LogP contribution in [-0.4, -0.2) is 28.9 Å². The lowest BCUT2D eigenvalue weighted by Gasteiger charge is -2.15. The van der Waals surface area contributed by atoms with E-state index in [1.54, 1.807) is 13.0 Å². The highest BCUT2D eigenvalue weighted by Crippen LogP contribution is 2.19. The fraction of sp³-hybridized carbons (Fsp3) is 0.417. The molecule has 1 fully saturated rings. The Kier molecular flexibility index (Phi) is 3.45. The van der Waals surface area contributed by atoms with Crippen LogP contribution in [0.15, 0.2) is 18.3 Å². The maximum Gasteiger partial charge on any atom is 0.267 e. The fourth-order valence-corrected chi connectivity index (χ4v) is 1.52. The molecule has 0 saturated heterocycles. The number of amides is 2. The second-order valence-corrected chi connectivity index (χ2v) is 4.44. The molecule has 0 spiro atoms. The van der Waals surface area contributed by atoms with Crippen molar-refractivity contribution < 1.29 is 9.59 Å². The molecule has 1 aromatic rings. The summed E-state index contributed by atoms with van der Waals surface area (Å²) in [6.45, 7) is 1.77. The average Bonchev–Trinajstić information content (AvgIpc) is 3.13. The summed E-state index contributed by atoms with van der Waals surface area (Å²) in [6.07, 6.45) is 3.59. The van der Waals surface area contributed by atoms with Gasteiger partial charge in [-0.3, -0.25) is 14.6 Å². The van der Waals surface area contributed by atoms with Crippen LogP contribution in [0, 0.1) is 0 Å². The number of nitrogens with zero attached hydrogens (tertiary/aromatic N) is 1. The smallest absolute Gasteiger partial charge is 0.267 e. The van der Waals surface area contributed by atoms with Crippen LogP contribution in [0.2, 0.25) is 0 Å². The predicted octanol–water partition coefficient (Wildman–Crippen LogP) is 0.259. The monoisotopic (exact) mass is 248 g/mol. The number of hydrogen-bond donors (Lipinski definition) is 3. The largest absolute Gasteiger partial charge is 0.374 e. The summed E-state index contributed by atoms with van der Waals surface area (Å²) < 4.78 is 0. The first-order valence-corrected chi connectivity index (χ1v) is 5.89. The summed E-state index contributed by atoms with van der Waals surface area (Å²) in [5.74, 6) is -0.635. The lowest BCUT2D eigenvalue weighted by Crippen LogP contribution is -2.38. The quantitative estimate of drug-likeness (QED) is 0.696. The van der Waals surface area contributed by atoms with Crippen molar-refractivity contribution in [3.63, 3.8) is 0 Å². The van der Waals surface area contributed by atoms with E-state index < -0.39 is 5.91 Å². The molecule has 0 aromatic carbocycles.